The van der Waals surface area contributed by atoms with Crippen molar-refractivity contribution in [1.82, 2.24) is 15.1 Å². The molecule has 0 unspecified atom stereocenters. The molecule has 0 radical (unpaired) electrons. The van der Waals surface area contributed by atoms with Crippen LogP contribution in [0.5, 0.6) is 5.75 Å². The lowest BCUT2D eigenvalue weighted by molar-refractivity contribution is -0.133. The number of methoxy groups -OCH3 is 1. The molecule has 4 amide bonds. The molecule has 0 aromatic heterocycles. The first kappa shape index (κ1) is 25.5. The Bertz CT molecular complexity index is 816. The zero-order chi connectivity index (χ0) is 23.8. The molecule has 32 heavy (non-hydrogen) atoms. The zero-order valence-corrected chi connectivity index (χ0v) is 19.9. The first-order valence-electron chi connectivity index (χ1n) is 11.0. The first-order valence-corrected chi connectivity index (χ1v) is 11.0. The summed E-state index contributed by atoms with van der Waals surface area (Å²) in [6, 6.07) is 4.43. The largest absolute Gasteiger partial charge is 0.491 e. The zero-order valence-electron chi connectivity index (χ0n) is 19.9. The summed E-state index contributed by atoms with van der Waals surface area (Å²) in [7, 11) is 3.33. The Morgan fingerprint density at radius 2 is 1.97 bits per heavy atom. The smallest absolute Gasteiger partial charge is 0.319 e. The number of carbonyl (C=O) groups excluding carboxylic acids is 3. The van der Waals surface area contributed by atoms with Gasteiger partial charge in [-0.25, -0.2) is 4.79 Å². The van der Waals surface area contributed by atoms with Crippen molar-refractivity contribution in [2.45, 2.75) is 46.3 Å². The van der Waals surface area contributed by atoms with Crippen LogP contribution in [0.1, 0.15) is 44.5 Å². The number of hydrogen-bond donors (Lipinski definition) is 2. The molecule has 1 aromatic rings. The average Bonchev–Trinajstić information content (AvgIpc) is 2.76. The van der Waals surface area contributed by atoms with E-state index < -0.39 is 0 Å². The summed E-state index contributed by atoms with van der Waals surface area (Å²) in [6.45, 7) is 9.07. The molecule has 2 N–H and O–H groups in total. The van der Waals surface area contributed by atoms with E-state index in [0.29, 0.717) is 36.6 Å². The third kappa shape index (κ3) is 6.59. The lowest BCUT2D eigenvalue weighted by Crippen LogP contribution is -2.48. The molecule has 0 spiro atoms. The van der Waals surface area contributed by atoms with E-state index in [9.17, 15) is 14.4 Å². The van der Waals surface area contributed by atoms with E-state index in [1.165, 1.54) is 6.92 Å². The number of hydrogen-bond acceptors (Lipinski definition) is 5. The van der Waals surface area contributed by atoms with Gasteiger partial charge in [-0.2, -0.15) is 0 Å². The number of rotatable bonds is 4. The van der Waals surface area contributed by atoms with Crippen molar-refractivity contribution in [3.8, 4) is 5.75 Å². The molecule has 0 bridgehead atoms. The highest BCUT2D eigenvalue weighted by atomic mass is 16.5. The van der Waals surface area contributed by atoms with Crippen molar-refractivity contribution >= 4 is 23.5 Å². The van der Waals surface area contributed by atoms with E-state index >= 15 is 0 Å². The predicted molar refractivity (Wildman–Crippen MR) is 123 cm³/mol. The van der Waals surface area contributed by atoms with E-state index in [-0.39, 0.29) is 42.5 Å². The normalized spacial score (nSPS) is 22.2. The minimum absolute atomic E-state index is 0.0220. The van der Waals surface area contributed by atoms with Crippen LogP contribution in [0, 0.1) is 5.92 Å². The third-order valence-corrected chi connectivity index (χ3v) is 5.64. The van der Waals surface area contributed by atoms with Crippen molar-refractivity contribution in [2.24, 2.45) is 5.92 Å². The Morgan fingerprint density at radius 3 is 2.59 bits per heavy atom. The quantitative estimate of drug-likeness (QED) is 0.737. The standard InChI is InChI=1S/C23H36N4O5/c1-7-10-24-23(30)25-18-8-9-19-20(11-18)32-14-16(3)27(17(4)28)12-15(2)21(31-6)13-26(5)22(19)29/h8-9,11,15-16,21H,7,10,12-14H2,1-6H3,(H2,24,25,30)/t15-,16-,21+/m1/s1. The summed E-state index contributed by atoms with van der Waals surface area (Å²) in [5.74, 6) is 0.127. The van der Waals surface area contributed by atoms with E-state index in [1.54, 1.807) is 42.2 Å². The van der Waals surface area contributed by atoms with Crippen LogP contribution in [0.3, 0.4) is 0 Å². The Balaban J connectivity index is 2.38. The van der Waals surface area contributed by atoms with Crippen LogP contribution in [0.25, 0.3) is 0 Å². The molecular formula is C23H36N4O5. The van der Waals surface area contributed by atoms with Crippen LogP contribution in [0.2, 0.25) is 0 Å². The molecule has 9 heteroatoms. The van der Waals surface area contributed by atoms with Crippen molar-refractivity contribution in [2.75, 3.05) is 45.7 Å². The Kier molecular flexibility index (Phi) is 9.31. The number of ether oxygens (including phenoxy) is 2. The van der Waals surface area contributed by atoms with Crippen molar-refractivity contribution in [3.63, 3.8) is 0 Å². The van der Waals surface area contributed by atoms with Gasteiger partial charge in [0.25, 0.3) is 5.91 Å². The number of likely N-dealkylation sites (N-methyl/N-ethyl adjacent to an activating group) is 1. The summed E-state index contributed by atoms with van der Waals surface area (Å²) < 4.78 is 11.7. The number of carbonyl (C=O) groups is 3. The van der Waals surface area contributed by atoms with Gasteiger partial charge in [-0.15, -0.1) is 0 Å². The number of benzene rings is 1. The number of amides is 4. The van der Waals surface area contributed by atoms with Gasteiger partial charge in [0, 0.05) is 58.4 Å². The van der Waals surface area contributed by atoms with Gasteiger partial charge in [0.2, 0.25) is 5.91 Å². The number of nitrogens with one attached hydrogen (secondary N) is 2. The third-order valence-electron chi connectivity index (χ3n) is 5.64. The highest BCUT2D eigenvalue weighted by molar-refractivity contribution is 5.98. The molecule has 9 nitrogen and oxygen atoms in total. The minimum atomic E-state index is -0.323. The second-order valence-corrected chi connectivity index (χ2v) is 8.36. The fraction of sp³-hybridized carbons (Fsp3) is 0.609. The molecule has 0 saturated heterocycles. The number of fused-ring (bicyclic) bond motifs is 1. The molecule has 0 aliphatic carbocycles. The monoisotopic (exact) mass is 448 g/mol. The number of anilines is 1. The van der Waals surface area contributed by atoms with Crippen LogP contribution < -0.4 is 15.4 Å². The van der Waals surface area contributed by atoms with Crippen molar-refractivity contribution < 1.29 is 23.9 Å². The lowest BCUT2D eigenvalue weighted by Gasteiger charge is -2.35. The van der Waals surface area contributed by atoms with Gasteiger partial charge in [0.05, 0.1) is 17.7 Å². The van der Waals surface area contributed by atoms with Gasteiger partial charge in [-0.3, -0.25) is 9.59 Å². The van der Waals surface area contributed by atoms with Crippen LogP contribution in [-0.4, -0.2) is 80.2 Å². The van der Waals surface area contributed by atoms with Crippen molar-refractivity contribution in [1.29, 1.82) is 0 Å². The fourth-order valence-corrected chi connectivity index (χ4v) is 3.70. The van der Waals surface area contributed by atoms with E-state index in [4.69, 9.17) is 9.47 Å². The summed E-state index contributed by atoms with van der Waals surface area (Å²) in [5, 5.41) is 5.51. The summed E-state index contributed by atoms with van der Waals surface area (Å²) in [5.41, 5.74) is 0.899. The summed E-state index contributed by atoms with van der Waals surface area (Å²) in [6.07, 6.45) is 0.595. The molecule has 178 valence electrons. The van der Waals surface area contributed by atoms with Gasteiger partial charge >= 0.3 is 6.03 Å². The van der Waals surface area contributed by atoms with Gasteiger partial charge < -0.3 is 29.9 Å². The molecule has 1 aliphatic heterocycles. The minimum Gasteiger partial charge on any atom is -0.491 e. The lowest BCUT2D eigenvalue weighted by atomic mass is 10.0. The Morgan fingerprint density at radius 1 is 1.25 bits per heavy atom. The maximum absolute atomic E-state index is 13.2. The summed E-state index contributed by atoms with van der Waals surface area (Å²) >= 11 is 0. The summed E-state index contributed by atoms with van der Waals surface area (Å²) in [4.78, 5) is 40.9. The van der Waals surface area contributed by atoms with Crippen LogP contribution in [-0.2, 0) is 9.53 Å². The van der Waals surface area contributed by atoms with Gasteiger partial charge in [0.15, 0.2) is 0 Å². The maximum Gasteiger partial charge on any atom is 0.319 e. The molecule has 1 heterocycles. The topological polar surface area (TPSA) is 100 Å². The number of urea groups is 1. The van der Waals surface area contributed by atoms with Crippen LogP contribution >= 0.6 is 0 Å². The molecule has 1 aromatic carbocycles. The highest BCUT2D eigenvalue weighted by Crippen LogP contribution is 2.26. The molecule has 2 rings (SSSR count). The molecule has 3 atom stereocenters. The maximum atomic E-state index is 13.2. The second-order valence-electron chi connectivity index (χ2n) is 8.36. The predicted octanol–water partition coefficient (Wildman–Crippen LogP) is 2.57. The highest BCUT2D eigenvalue weighted by Gasteiger charge is 2.29. The van der Waals surface area contributed by atoms with Crippen LogP contribution in [0.15, 0.2) is 18.2 Å². The Labute approximate surface area is 190 Å². The van der Waals surface area contributed by atoms with E-state index in [1.807, 2.05) is 20.8 Å². The van der Waals surface area contributed by atoms with Crippen molar-refractivity contribution in [3.05, 3.63) is 23.8 Å². The van der Waals surface area contributed by atoms with E-state index in [0.717, 1.165) is 6.42 Å². The van der Waals surface area contributed by atoms with Crippen LogP contribution in [0.4, 0.5) is 10.5 Å². The van der Waals surface area contributed by atoms with E-state index in [2.05, 4.69) is 10.6 Å². The van der Waals surface area contributed by atoms with Gasteiger partial charge in [0.1, 0.15) is 12.4 Å². The number of nitrogens with zero attached hydrogens (tertiary/aromatic N) is 2. The SMILES string of the molecule is CCCNC(=O)Nc1ccc2c(c1)OC[C@@H](C)N(C(C)=O)C[C@@H](C)[C@@H](OC)CN(C)C2=O. The van der Waals surface area contributed by atoms with Gasteiger partial charge in [-0.1, -0.05) is 13.8 Å². The Hall–Kier alpha value is -2.81. The average molecular weight is 449 g/mol. The second kappa shape index (κ2) is 11.7. The first-order chi connectivity index (χ1) is 15.2. The fourth-order valence-electron chi connectivity index (χ4n) is 3.70. The molecule has 1 aliphatic rings. The molecule has 0 saturated carbocycles. The molecular weight excluding hydrogens is 412 g/mol. The molecule has 0 fully saturated rings. The van der Waals surface area contributed by atoms with Gasteiger partial charge in [-0.05, 0) is 25.5 Å².